The van der Waals surface area contributed by atoms with E-state index in [-0.39, 0.29) is 11.5 Å². The molecule has 0 saturated carbocycles. The fraction of sp³-hybridized carbons (Fsp3) is 0.211. The molecule has 2 aromatic carbocycles. The minimum absolute atomic E-state index is 0.150. The molecule has 24 heavy (non-hydrogen) atoms. The second-order valence-corrected chi connectivity index (χ2v) is 5.15. The van der Waals surface area contributed by atoms with Crippen molar-refractivity contribution in [1.29, 1.82) is 0 Å². The highest BCUT2D eigenvalue weighted by molar-refractivity contribution is 6.14. The van der Waals surface area contributed by atoms with Gasteiger partial charge in [-0.05, 0) is 42.8 Å². The lowest BCUT2D eigenvalue weighted by Crippen LogP contribution is -1.98. The smallest absolute Gasteiger partial charge is 0.231 e. The van der Waals surface area contributed by atoms with Crippen LogP contribution in [0.3, 0.4) is 0 Å². The third kappa shape index (κ3) is 2.93. The van der Waals surface area contributed by atoms with Gasteiger partial charge in [-0.25, -0.2) is 0 Å². The Bertz CT molecular complexity index is 807. The first kappa shape index (κ1) is 15.9. The number of carbonyl (C=O) groups excluding carboxylic acids is 1. The first-order valence-electron chi connectivity index (χ1n) is 7.59. The Hall–Kier alpha value is -2.95. The fourth-order valence-electron chi connectivity index (χ4n) is 2.52. The summed E-state index contributed by atoms with van der Waals surface area (Å²) in [6.07, 6.45) is 1.69. The molecule has 0 radical (unpaired) electrons. The highest BCUT2D eigenvalue weighted by Gasteiger charge is 2.27. The Kier molecular flexibility index (Phi) is 4.42. The quantitative estimate of drug-likeness (QED) is 0.784. The van der Waals surface area contributed by atoms with Gasteiger partial charge in [0.05, 0.1) is 26.4 Å². The largest absolute Gasteiger partial charge is 0.494 e. The van der Waals surface area contributed by atoms with Crippen LogP contribution in [0.4, 0.5) is 0 Å². The van der Waals surface area contributed by atoms with Crippen LogP contribution in [0.2, 0.25) is 0 Å². The van der Waals surface area contributed by atoms with Gasteiger partial charge in [-0.2, -0.15) is 0 Å². The van der Waals surface area contributed by atoms with Gasteiger partial charge in [-0.15, -0.1) is 0 Å². The molecule has 3 rings (SSSR count). The summed E-state index contributed by atoms with van der Waals surface area (Å²) in [6.45, 7) is 2.46. The minimum atomic E-state index is -0.150. The molecule has 0 bridgehead atoms. The van der Waals surface area contributed by atoms with Gasteiger partial charge in [0, 0.05) is 6.07 Å². The summed E-state index contributed by atoms with van der Waals surface area (Å²) >= 11 is 0. The zero-order valence-corrected chi connectivity index (χ0v) is 13.8. The molecule has 5 heteroatoms. The summed E-state index contributed by atoms with van der Waals surface area (Å²) in [5.74, 6) is 2.53. The molecule has 0 saturated heterocycles. The van der Waals surface area contributed by atoms with Gasteiger partial charge in [0.15, 0.2) is 17.3 Å². The minimum Gasteiger partial charge on any atom is -0.494 e. The molecule has 124 valence electrons. The van der Waals surface area contributed by atoms with Crippen molar-refractivity contribution in [2.24, 2.45) is 0 Å². The number of hydrogen-bond donors (Lipinski definition) is 0. The molecule has 2 aromatic rings. The number of allylic oxidation sites excluding steroid dienone is 1. The summed E-state index contributed by atoms with van der Waals surface area (Å²) in [5, 5.41) is 0. The molecule has 0 fully saturated rings. The van der Waals surface area contributed by atoms with Gasteiger partial charge < -0.3 is 18.9 Å². The number of carbonyl (C=O) groups is 1. The number of methoxy groups -OCH3 is 2. The highest BCUT2D eigenvalue weighted by atomic mass is 16.5. The molecule has 1 heterocycles. The molecular formula is C19H18O5. The van der Waals surface area contributed by atoms with Crippen molar-refractivity contribution < 1.29 is 23.7 Å². The molecule has 1 aliphatic heterocycles. The monoisotopic (exact) mass is 326 g/mol. The third-order valence-corrected chi connectivity index (χ3v) is 3.66. The zero-order valence-electron chi connectivity index (χ0n) is 13.8. The maximum absolute atomic E-state index is 12.5. The predicted molar refractivity (Wildman–Crippen MR) is 90.1 cm³/mol. The first-order valence-corrected chi connectivity index (χ1v) is 7.59. The third-order valence-electron chi connectivity index (χ3n) is 3.66. The van der Waals surface area contributed by atoms with E-state index in [0.29, 0.717) is 35.2 Å². The van der Waals surface area contributed by atoms with Crippen LogP contribution >= 0.6 is 0 Å². The van der Waals surface area contributed by atoms with Gasteiger partial charge in [0.1, 0.15) is 11.5 Å². The predicted octanol–water partition coefficient (Wildman–Crippen LogP) is 3.72. The van der Waals surface area contributed by atoms with Gasteiger partial charge >= 0.3 is 0 Å². The van der Waals surface area contributed by atoms with Crippen molar-refractivity contribution in [3.05, 3.63) is 53.3 Å². The van der Waals surface area contributed by atoms with E-state index in [9.17, 15) is 4.79 Å². The number of benzene rings is 2. The van der Waals surface area contributed by atoms with Crippen LogP contribution in [0.5, 0.6) is 23.0 Å². The van der Waals surface area contributed by atoms with Crippen LogP contribution in [0.1, 0.15) is 22.8 Å². The fourth-order valence-corrected chi connectivity index (χ4v) is 2.52. The van der Waals surface area contributed by atoms with Crippen LogP contribution in [0.25, 0.3) is 6.08 Å². The number of ether oxygens (including phenoxy) is 4. The van der Waals surface area contributed by atoms with Gasteiger partial charge in [0.2, 0.25) is 5.78 Å². The van der Waals surface area contributed by atoms with Crippen LogP contribution in [-0.2, 0) is 0 Å². The lowest BCUT2D eigenvalue weighted by atomic mass is 10.1. The molecule has 5 nitrogen and oxygen atoms in total. The summed E-state index contributed by atoms with van der Waals surface area (Å²) in [6, 6.07) is 10.6. The second-order valence-electron chi connectivity index (χ2n) is 5.15. The van der Waals surface area contributed by atoms with Gasteiger partial charge in [-0.3, -0.25) is 4.79 Å². The number of Topliss-reactive ketones (excluding diaryl/α,β-unsaturated/α-hetero) is 1. The van der Waals surface area contributed by atoms with Crippen LogP contribution in [0.15, 0.2) is 42.2 Å². The van der Waals surface area contributed by atoms with Crippen LogP contribution in [0, 0.1) is 0 Å². The van der Waals surface area contributed by atoms with Crippen molar-refractivity contribution in [3.63, 3.8) is 0 Å². The Labute approximate surface area is 140 Å². The Balaban J connectivity index is 1.91. The lowest BCUT2D eigenvalue weighted by Gasteiger charge is -2.08. The molecule has 0 aromatic heterocycles. The van der Waals surface area contributed by atoms with E-state index in [4.69, 9.17) is 18.9 Å². The Morgan fingerprint density at radius 1 is 1.04 bits per heavy atom. The Morgan fingerprint density at radius 2 is 1.83 bits per heavy atom. The topological polar surface area (TPSA) is 54.0 Å². The van der Waals surface area contributed by atoms with E-state index in [1.165, 1.54) is 0 Å². The van der Waals surface area contributed by atoms with Crippen molar-refractivity contribution in [3.8, 4) is 23.0 Å². The standard InChI is InChI=1S/C19H18O5/c1-4-23-13-6-7-14-16(11-13)24-18(19(14)20)10-12-5-8-15(21-2)17(9-12)22-3/h5-11H,4H2,1-3H3. The number of hydrogen-bond acceptors (Lipinski definition) is 5. The van der Waals surface area contributed by atoms with Gasteiger partial charge in [-0.1, -0.05) is 6.07 Å². The van der Waals surface area contributed by atoms with E-state index in [2.05, 4.69) is 0 Å². The lowest BCUT2D eigenvalue weighted by molar-refractivity contribution is 0.101. The molecule has 0 aliphatic carbocycles. The normalized spacial score (nSPS) is 14.3. The number of fused-ring (bicyclic) bond motifs is 1. The highest BCUT2D eigenvalue weighted by Crippen LogP contribution is 2.35. The van der Waals surface area contributed by atoms with Crippen LogP contribution in [-0.4, -0.2) is 26.6 Å². The molecule has 0 atom stereocenters. The van der Waals surface area contributed by atoms with Crippen molar-refractivity contribution in [2.75, 3.05) is 20.8 Å². The van der Waals surface area contributed by atoms with E-state index in [1.54, 1.807) is 50.6 Å². The average Bonchev–Trinajstić information content (AvgIpc) is 2.90. The molecule has 0 N–H and O–H groups in total. The van der Waals surface area contributed by atoms with E-state index < -0.39 is 0 Å². The van der Waals surface area contributed by atoms with Crippen molar-refractivity contribution in [1.82, 2.24) is 0 Å². The molecule has 0 spiro atoms. The molecule has 0 unspecified atom stereocenters. The van der Waals surface area contributed by atoms with E-state index in [0.717, 1.165) is 5.56 Å². The summed E-state index contributed by atoms with van der Waals surface area (Å²) in [7, 11) is 3.14. The summed E-state index contributed by atoms with van der Waals surface area (Å²) in [4.78, 5) is 12.5. The number of rotatable bonds is 5. The molecule has 0 amide bonds. The average molecular weight is 326 g/mol. The zero-order chi connectivity index (χ0) is 17.1. The van der Waals surface area contributed by atoms with E-state index >= 15 is 0 Å². The van der Waals surface area contributed by atoms with Crippen molar-refractivity contribution >= 4 is 11.9 Å². The first-order chi connectivity index (χ1) is 11.7. The number of ketones is 1. The second kappa shape index (κ2) is 6.66. The van der Waals surface area contributed by atoms with Crippen molar-refractivity contribution in [2.45, 2.75) is 6.92 Å². The van der Waals surface area contributed by atoms with E-state index in [1.807, 2.05) is 13.0 Å². The SMILES string of the molecule is CCOc1ccc2c(c1)OC(=Cc1ccc(OC)c(OC)c1)C2=O. The van der Waals surface area contributed by atoms with Gasteiger partial charge in [0.25, 0.3) is 0 Å². The maximum Gasteiger partial charge on any atom is 0.231 e. The summed E-state index contributed by atoms with van der Waals surface area (Å²) < 4.78 is 21.6. The van der Waals surface area contributed by atoms with Crippen LogP contribution < -0.4 is 18.9 Å². The maximum atomic E-state index is 12.5. The summed E-state index contributed by atoms with van der Waals surface area (Å²) in [5.41, 5.74) is 1.32. The molecule has 1 aliphatic rings. The Morgan fingerprint density at radius 3 is 2.54 bits per heavy atom. The molecular weight excluding hydrogens is 308 g/mol.